The van der Waals surface area contributed by atoms with Crippen molar-refractivity contribution in [2.75, 3.05) is 24.6 Å². The molecule has 0 saturated carbocycles. The number of nitrogens with two attached hydrogens (primary N) is 1. The number of hydrogen-bond donors (Lipinski definition) is 2. The van der Waals surface area contributed by atoms with Gasteiger partial charge in [-0.15, -0.1) is 11.3 Å². The van der Waals surface area contributed by atoms with Gasteiger partial charge in [0, 0.05) is 18.5 Å². The van der Waals surface area contributed by atoms with Crippen LogP contribution < -0.4 is 11.3 Å². The summed E-state index contributed by atoms with van der Waals surface area (Å²) in [6.07, 6.45) is 0.641. The fourth-order valence-corrected chi connectivity index (χ4v) is 3.94. The van der Waals surface area contributed by atoms with E-state index >= 15 is 0 Å². The van der Waals surface area contributed by atoms with Gasteiger partial charge in [0.1, 0.15) is 0 Å². The Morgan fingerprint density at radius 1 is 1.47 bits per heavy atom. The number of thiazole rings is 1. The van der Waals surface area contributed by atoms with E-state index in [1.54, 1.807) is 5.38 Å². The fourth-order valence-electron chi connectivity index (χ4n) is 1.92. The van der Waals surface area contributed by atoms with Gasteiger partial charge >= 0.3 is 0 Å². The molecule has 2 heterocycles. The van der Waals surface area contributed by atoms with Crippen LogP contribution in [0.1, 0.15) is 21.9 Å². The molecule has 106 valence electrons. The summed E-state index contributed by atoms with van der Waals surface area (Å²) >= 11 is 1.23. The predicted molar refractivity (Wildman–Crippen MR) is 72.3 cm³/mol. The van der Waals surface area contributed by atoms with Gasteiger partial charge in [0.25, 0.3) is 5.91 Å². The molecule has 0 radical (unpaired) electrons. The second-order valence-corrected chi connectivity index (χ2v) is 7.56. The number of sulfone groups is 1. The summed E-state index contributed by atoms with van der Waals surface area (Å²) in [6.45, 7) is 1.80. The Morgan fingerprint density at radius 3 is 3.00 bits per heavy atom. The molecule has 1 amide bonds. The lowest BCUT2D eigenvalue weighted by Gasteiger charge is -2.17. The van der Waals surface area contributed by atoms with Gasteiger partial charge in [0.15, 0.2) is 14.8 Å². The summed E-state index contributed by atoms with van der Waals surface area (Å²) in [7, 11) is -2.90. The van der Waals surface area contributed by atoms with Crippen molar-refractivity contribution in [1.82, 2.24) is 15.3 Å². The second kappa shape index (κ2) is 5.95. The van der Waals surface area contributed by atoms with Gasteiger partial charge in [-0.2, -0.15) is 0 Å². The second-order valence-electron chi connectivity index (χ2n) is 4.40. The van der Waals surface area contributed by atoms with Crippen LogP contribution in [0.5, 0.6) is 0 Å². The first-order valence-electron chi connectivity index (χ1n) is 5.88. The maximum Gasteiger partial charge on any atom is 0.294 e. The van der Waals surface area contributed by atoms with Crippen molar-refractivity contribution in [3.8, 4) is 0 Å². The normalized spacial score (nSPS) is 19.8. The molecule has 1 saturated heterocycles. The average Bonchev–Trinajstić information content (AvgIpc) is 2.76. The van der Waals surface area contributed by atoms with Crippen LogP contribution in [0.25, 0.3) is 0 Å². The molecule has 7 nitrogen and oxygen atoms in total. The molecular weight excluding hydrogens is 288 g/mol. The molecule has 0 bridgehead atoms. The van der Waals surface area contributed by atoms with Gasteiger partial charge in [0.05, 0.1) is 17.2 Å². The van der Waals surface area contributed by atoms with Crippen LogP contribution in [0.4, 0.5) is 0 Å². The van der Waals surface area contributed by atoms with Gasteiger partial charge in [-0.05, 0) is 13.0 Å². The first-order chi connectivity index (χ1) is 9.00. The minimum Gasteiger partial charge on any atom is -0.296 e. The van der Waals surface area contributed by atoms with E-state index in [0.29, 0.717) is 24.5 Å². The zero-order valence-electron chi connectivity index (χ0n) is 10.3. The number of hydrazine groups is 1. The third-order valence-electron chi connectivity index (χ3n) is 2.91. The van der Waals surface area contributed by atoms with Crippen molar-refractivity contribution in [3.05, 3.63) is 16.1 Å². The molecule has 1 fully saturated rings. The van der Waals surface area contributed by atoms with E-state index in [-0.39, 0.29) is 11.5 Å². The maximum absolute atomic E-state index is 11.5. The lowest BCUT2D eigenvalue weighted by atomic mass is 10.3. The number of nitrogen functional groups attached to an aromatic ring is 1. The molecule has 1 aliphatic rings. The van der Waals surface area contributed by atoms with E-state index in [1.807, 2.05) is 10.3 Å². The van der Waals surface area contributed by atoms with Crippen molar-refractivity contribution >= 4 is 27.1 Å². The fraction of sp³-hybridized carbons (Fsp3) is 0.600. The zero-order valence-corrected chi connectivity index (χ0v) is 12.0. The molecule has 9 heteroatoms. The third kappa shape index (κ3) is 3.96. The molecule has 1 aromatic heterocycles. The number of nitrogens with zero attached hydrogens (tertiary/aromatic N) is 2. The van der Waals surface area contributed by atoms with Crippen LogP contribution >= 0.6 is 11.3 Å². The van der Waals surface area contributed by atoms with Crippen LogP contribution in [-0.4, -0.2) is 48.8 Å². The smallest absolute Gasteiger partial charge is 0.294 e. The van der Waals surface area contributed by atoms with Crippen molar-refractivity contribution in [1.29, 1.82) is 0 Å². The number of aromatic nitrogens is 1. The summed E-state index contributed by atoms with van der Waals surface area (Å²) in [6, 6.07) is 0. The highest BCUT2D eigenvalue weighted by Crippen LogP contribution is 2.13. The standard InChI is InChI=1S/C10H16N4O3S2/c11-13-9(15)10-12-8(7-18-10)6-14-2-1-4-19(16,17)5-3-14/h7H,1-6,11H2,(H,13,15). The summed E-state index contributed by atoms with van der Waals surface area (Å²) in [5.41, 5.74) is 2.80. The number of hydrogen-bond acceptors (Lipinski definition) is 7. The Bertz CT molecular complexity index is 555. The molecule has 0 aliphatic carbocycles. The average molecular weight is 304 g/mol. The van der Waals surface area contributed by atoms with Crippen LogP contribution in [0, 0.1) is 0 Å². The topological polar surface area (TPSA) is 105 Å². The van der Waals surface area contributed by atoms with Gasteiger partial charge in [-0.25, -0.2) is 19.2 Å². The highest BCUT2D eigenvalue weighted by Gasteiger charge is 2.20. The number of carbonyl (C=O) groups is 1. The van der Waals surface area contributed by atoms with Crippen molar-refractivity contribution < 1.29 is 13.2 Å². The van der Waals surface area contributed by atoms with Crippen LogP contribution in [-0.2, 0) is 16.4 Å². The number of carbonyl (C=O) groups excluding carboxylic acids is 1. The molecule has 1 aromatic rings. The first kappa shape index (κ1) is 14.4. The van der Waals surface area contributed by atoms with Gasteiger partial charge in [0.2, 0.25) is 0 Å². The summed E-state index contributed by atoms with van der Waals surface area (Å²) in [4.78, 5) is 17.5. The Hall–Kier alpha value is -1.03. The van der Waals surface area contributed by atoms with Crippen molar-refractivity contribution in [3.63, 3.8) is 0 Å². The molecule has 19 heavy (non-hydrogen) atoms. The quantitative estimate of drug-likeness (QED) is 0.437. The third-order valence-corrected chi connectivity index (χ3v) is 5.52. The number of amides is 1. The Balaban J connectivity index is 1.97. The largest absolute Gasteiger partial charge is 0.296 e. The van der Waals surface area contributed by atoms with Crippen LogP contribution in [0.2, 0.25) is 0 Å². The van der Waals surface area contributed by atoms with Crippen molar-refractivity contribution in [2.24, 2.45) is 5.84 Å². The molecule has 0 atom stereocenters. The summed E-state index contributed by atoms with van der Waals surface area (Å²) in [5.74, 6) is 5.07. The molecule has 3 N–H and O–H groups in total. The molecule has 0 aromatic carbocycles. The van der Waals surface area contributed by atoms with E-state index in [0.717, 1.165) is 12.2 Å². The summed E-state index contributed by atoms with van der Waals surface area (Å²) < 4.78 is 23.0. The Kier molecular flexibility index (Phi) is 4.50. The van der Waals surface area contributed by atoms with E-state index in [1.165, 1.54) is 11.3 Å². The Morgan fingerprint density at radius 2 is 2.26 bits per heavy atom. The molecule has 2 rings (SSSR count). The molecular formula is C10H16N4O3S2. The minimum absolute atomic E-state index is 0.188. The first-order valence-corrected chi connectivity index (χ1v) is 8.58. The van der Waals surface area contributed by atoms with Gasteiger partial charge < -0.3 is 0 Å². The molecule has 0 spiro atoms. The van der Waals surface area contributed by atoms with Crippen LogP contribution in [0.3, 0.4) is 0 Å². The molecule has 1 aliphatic heterocycles. The van der Waals surface area contributed by atoms with E-state index in [4.69, 9.17) is 5.84 Å². The lowest BCUT2D eigenvalue weighted by Crippen LogP contribution is -2.30. The summed E-state index contributed by atoms with van der Waals surface area (Å²) in [5, 5.41) is 2.11. The minimum atomic E-state index is -2.90. The van der Waals surface area contributed by atoms with Gasteiger partial charge in [-0.1, -0.05) is 0 Å². The van der Waals surface area contributed by atoms with E-state index in [2.05, 4.69) is 4.98 Å². The SMILES string of the molecule is NNC(=O)c1nc(CN2CCCS(=O)(=O)CC2)cs1. The highest BCUT2D eigenvalue weighted by atomic mass is 32.2. The van der Waals surface area contributed by atoms with Crippen LogP contribution in [0.15, 0.2) is 5.38 Å². The van der Waals surface area contributed by atoms with Gasteiger partial charge in [-0.3, -0.25) is 15.1 Å². The van der Waals surface area contributed by atoms with Crippen molar-refractivity contribution in [2.45, 2.75) is 13.0 Å². The number of nitrogens with one attached hydrogen (secondary N) is 1. The number of rotatable bonds is 3. The maximum atomic E-state index is 11.5. The zero-order chi connectivity index (χ0) is 13.9. The highest BCUT2D eigenvalue weighted by molar-refractivity contribution is 7.91. The molecule has 0 unspecified atom stereocenters. The van der Waals surface area contributed by atoms with E-state index < -0.39 is 15.7 Å². The Labute approximate surface area is 115 Å². The van der Waals surface area contributed by atoms with E-state index in [9.17, 15) is 13.2 Å². The lowest BCUT2D eigenvalue weighted by molar-refractivity contribution is 0.0953. The predicted octanol–water partition coefficient (Wildman–Crippen LogP) is -0.633. The monoisotopic (exact) mass is 304 g/mol.